The third-order valence-corrected chi connectivity index (χ3v) is 3.35. The van der Waals surface area contributed by atoms with Crippen molar-refractivity contribution in [2.75, 3.05) is 11.9 Å². The highest BCUT2D eigenvalue weighted by atomic mass is 19.1. The van der Waals surface area contributed by atoms with Gasteiger partial charge in [0.15, 0.2) is 0 Å². The summed E-state index contributed by atoms with van der Waals surface area (Å²) in [5.41, 5.74) is 1.95. The minimum atomic E-state index is -0.666. The summed E-state index contributed by atoms with van der Waals surface area (Å²) in [6.45, 7) is 2.58. The number of carbonyl (C=O) groups is 1. The van der Waals surface area contributed by atoms with E-state index in [2.05, 4.69) is 10.6 Å². The average Bonchev–Trinajstić information content (AvgIpc) is 2.49. The van der Waals surface area contributed by atoms with E-state index in [0.717, 1.165) is 11.1 Å². The largest absolute Gasteiger partial charge is 0.380 e. The van der Waals surface area contributed by atoms with Gasteiger partial charge in [0.05, 0.1) is 0 Å². The maximum absolute atomic E-state index is 13.4. The molecule has 0 aromatic heterocycles. The lowest BCUT2D eigenvalue weighted by Crippen LogP contribution is -2.25. The summed E-state index contributed by atoms with van der Waals surface area (Å²) in [7, 11) is 0. The van der Waals surface area contributed by atoms with E-state index in [9.17, 15) is 13.6 Å². The van der Waals surface area contributed by atoms with Crippen LogP contribution in [0.2, 0.25) is 0 Å². The monoisotopic (exact) mass is 304 g/mol. The number of carbonyl (C=O) groups excluding carboxylic acids is 1. The second-order valence-corrected chi connectivity index (χ2v) is 4.98. The van der Waals surface area contributed by atoms with Gasteiger partial charge in [-0.3, -0.25) is 4.79 Å². The maximum atomic E-state index is 13.4. The zero-order chi connectivity index (χ0) is 15.9. The standard InChI is InChI=1S/C17H18F2N2O/c1-12-5-2-3-6-13(12)11-21-16(22)9-10-20-17-14(18)7-4-8-15(17)19/h2-8,20H,9-11H2,1H3,(H,21,22). The van der Waals surface area contributed by atoms with Gasteiger partial charge in [-0.15, -0.1) is 0 Å². The number of nitrogens with one attached hydrogen (secondary N) is 2. The first-order valence-electron chi connectivity index (χ1n) is 7.07. The molecule has 1 amide bonds. The molecule has 22 heavy (non-hydrogen) atoms. The fraction of sp³-hybridized carbons (Fsp3) is 0.235. The summed E-state index contributed by atoms with van der Waals surface area (Å²) in [5.74, 6) is -1.51. The molecule has 2 aromatic carbocycles. The number of aryl methyl sites for hydroxylation is 1. The van der Waals surface area contributed by atoms with Crippen LogP contribution >= 0.6 is 0 Å². The Morgan fingerprint density at radius 3 is 2.41 bits per heavy atom. The van der Waals surface area contributed by atoms with E-state index in [-0.39, 0.29) is 24.6 Å². The first kappa shape index (κ1) is 15.9. The van der Waals surface area contributed by atoms with Crippen molar-refractivity contribution in [2.45, 2.75) is 19.9 Å². The zero-order valence-corrected chi connectivity index (χ0v) is 12.3. The average molecular weight is 304 g/mol. The Kier molecular flexibility index (Phi) is 5.47. The second-order valence-electron chi connectivity index (χ2n) is 4.98. The number of amides is 1. The van der Waals surface area contributed by atoms with Gasteiger partial charge in [0, 0.05) is 19.5 Å². The smallest absolute Gasteiger partial charge is 0.222 e. The van der Waals surface area contributed by atoms with Crippen molar-refractivity contribution in [2.24, 2.45) is 0 Å². The molecule has 2 rings (SSSR count). The van der Waals surface area contributed by atoms with Gasteiger partial charge in [0.2, 0.25) is 5.91 Å². The Hall–Kier alpha value is -2.43. The van der Waals surface area contributed by atoms with Crippen LogP contribution < -0.4 is 10.6 Å². The lowest BCUT2D eigenvalue weighted by molar-refractivity contribution is -0.121. The van der Waals surface area contributed by atoms with E-state index in [1.54, 1.807) is 0 Å². The van der Waals surface area contributed by atoms with E-state index in [0.29, 0.717) is 6.54 Å². The lowest BCUT2D eigenvalue weighted by Gasteiger charge is -2.10. The molecule has 0 unspecified atom stereocenters. The Balaban J connectivity index is 1.78. The van der Waals surface area contributed by atoms with Crippen molar-refractivity contribution in [3.05, 3.63) is 65.2 Å². The SMILES string of the molecule is Cc1ccccc1CNC(=O)CCNc1c(F)cccc1F. The first-order valence-corrected chi connectivity index (χ1v) is 7.07. The lowest BCUT2D eigenvalue weighted by atomic mass is 10.1. The van der Waals surface area contributed by atoms with Crippen LogP contribution in [0.25, 0.3) is 0 Å². The van der Waals surface area contributed by atoms with E-state index in [4.69, 9.17) is 0 Å². The van der Waals surface area contributed by atoms with Crippen molar-refractivity contribution < 1.29 is 13.6 Å². The molecule has 0 bridgehead atoms. The van der Waals surface area contributed by atoms with Crippen molar-refractivity contribution in [1.82, 2.24) is 5.32 Å². The highest BCUT2D eigenvalue weighted by Gasteiger charge is 2.08. The molecule has 0 aliphatic carbocycles. The molecular formula is C17H18F2N2O. The minimum Gasteiger partial charge on any atom is -0.380 e. The maximum Gasteiger partial charge on any atom is 0.222 e. The van der Waals surface area contributed by atoms with Gasteiger partial charge >= 0.3 is 0 Å². The summed E-state index contributed by atoms with van der Waals surface area (Å²) in [4.78, 5) is 11.7. The van der Waals surface area contributed by atoms with Crippen molar-refractivity contribution in [3.63, 3.8) is 0 Å². The van der Waals surface area contributed by atoms with Gasteiger partial charge < -0.3 is 10.6 Å². The van der Waals surface area contributed by atoms with Gasteiger partial charge in [0.1, 0.15) is 17.3 Å². The molecule has 0 radical (unpaired) electrons. The number of hydrogen-bond acceptors (Lipinski definition) is 2. The van der Waals surface area contributed by atoms with Crippen molar-refractivity contribution in [1.29, 1.82) is 0 Å². The molecule has 0 spiro atoms. The van der Waals surface area contributed by atoms with Gasteiger partial charge in [0.25, 0.3) is 0 Å². The van der Waals surface area contributed by atoms with Crippen LogP contribution in [0.3, 0.4) is 0 Å². The Bertz CT molecular complexity index is 639. The Morgan fingerprint density at radius 2 is 1.73 bits per heavy atom. The number of benzene rings is 2. The summed E-state index contributed by atoms with van der Waals surface area (Å²) in [5, 5.41) is 5.40. The normalized spacial score (nSPS) is 10.3. The highest BCUT2D eigenvalue weighted by molar-refractivity contribution is 5.76. The number of hydrogen-bond donors (Lipinski definition) is 2. The van der Waals surface area contributed by atoms with Gasteiger partial charge in [-0.2, -0.15) is 0 Å². The van der Waals surface area contributed by atoms with Crippen LogP contribution in [-0.2, 0) is 11.3 Å². The molecule has 5 heteroatoms. The predicted octanol–water partition coefficient (Wildman–Crippen LogP) is 3.39. The van der Waals surface area contributed by atoms with Crippen LogP contribution in [-0.4, -0.2) is 12.5 Å². The molecule has 2 N–H and O–H groups in total. The molecule has 0 heterocycles. The van der Waals surface area contributed by atoms with Gasteiger partial charge in [-0.1, -0.05) is 30.3 Å². The molecule has 0 saturated carbocycles. The summed E-state index contributed by atoms with van der Waals surface area (Å²) in [6, 6.07) is 11.4. The summed E-state index contributed by atoms with van der Waals surface area (Å²) >= 11 is 0. The van der Waals surface area contributed by atoms with E-state index < -0.39 is 11.6 Å². The zero-order valence-electron chi connectivity index (χ0n) is 12.3. The molecule has 0 aliphatic heterocycles. The third kappa shape index (κ3) is 4.28. The van der Waals surface area contributed by atoms with Crippen LogP contribution in [0.5, 0.6) is 0 Å². The summed E-state index contributed by atoms with van der Waals surface area (Å²) in [6.07, 6.45) is 0.139. The third-order valence-electron chi connectivity index (χ3n) is 3.35. The van der Waals surface area contributed by atoms with Crippen LogP contribution in [0.15, 0.2) is 42.5 Å². The van der Waals surface area contributed by atoms with Crippen molar-refractivity contribution >= 4 is 11.6 Å². The number of rotatable bonds is 6. The molecule has 0 aliphatic rings. The van der Waals surface area contributed by atoms with E-state index in [1.807, 2.05) is 31.2 Å². The minimum absolute atomic E-state index is 0.139. The van der Waals surface area contributed by atoms with Crippen LogP contribution in [0, 0.1) is 18.6 Å². The molecule has 0 saturated heterocycles. The molecule has 116 valence electrons. The Labute approximate surface area is 128 Å². The van der Waals surface area contributed by atoms with Crippen LogP contribution in [0.1, 0.15) is 17.5 Å². The van der Waals surface area contributed by atoms with Gasteiger partial charge in [-0.25, -0.2) is 8.78 Å². The van der Waals surface area contributed by atoms with Crippen molar-refractivity contribution in [3.8, 4) is 0 Å². The van der Waals surface area contributed by atoms with Crippen LogP contribution in [0.4, 0.5) is 14.5 Å². The van der Waals surface area contributed by atoms with Gasteiger partial charge in [-0.05, 0) is 30.2 Å². The summed E-state index contributed by atoms with van der Waals surface area (Å²) < 4.78 is 26.8. The fourth-order valence-electron chi connectivity index (χ4n) is 2.06. The quantitative estimate of drug-likeness (QED) is 0.859. The molecule has 3 nitrogen and oxygen atoms in total. The first-order chi connectivity index (χ1) is 10.6. The molecule has 0 atom stereocenters. The number of anilines is 1. The molecule has 0 fully saturated rings. The second kappa shape index (κ2) is 7.54. The number of para-hydroxylation sites is 1. The Morgan fingerprint density at radius 1 is 1.05 bits per heavy atom. The highest BCUT2D eigenvalue weighted by Crippen LogP contribution is 2.17. The molecular weight excluding hydrogens is 286 g/mol. The predicted molar refractivity (Wildman–Crippen MR) is 82.5 cm³/mol. The topological polar surface area (TPSA) is 41.1 Å². The number of halogens is 2. The van der Waals surface area contributed by atoms with E-state index >= 15 is 0 Å². The molecule has 2 aromatic rings. The fourth-order valence-corrected chi connectivity index (χ4v) is 2.06. The van der Waals surface area contributed by atoms with E-state index in [1.165, 1.54) is 18.2 Å².